The molecule has 0 radical (unpaired) electrons. The van der Waals surface area contributed by atoms with Gasteiger partial charge in [-0.1, -0.05) is 58.4 Å². The number of halogens is 1. The fourth-order valence-electron chi connectivity index (χ4n) is 8.32. The maximum Gasteiger partial charge on any atom is 0.313 e. The molecule has 1 spiro atoms. The highest BCUT2D eigenvalue weighted by Gasteiger charge is 2.77. The van der Waals surface area contributed by atoms with E-state index < -0.39 is 47.7 Å². The number of unbranched alkanes of at least 4 members (excludes halogenated alkanes) is 2. The van der Waals surface area contributed by atoms with Crippen molar-refractivity contribution in [2.45, 2.75) is 80.2 Å². The number of esters is 1. The topological polar surface area (TPSA) is 129 Å². The number of likely N-dealkylation sites (tertiary alicyclic amines) is 1. The third-order valence-corrected chi connectivity index (χ3v) is 12.0. The number of fused-ring (bicyclic) bond motifs is 1. The summed E-state index contributed by atoms with van der Waals surface area (Å²) in [5.41, 5.74) is -0.519. The molecule has 4 heterocycles. The minimum atomic E-state index is -1.24. The van der Waals surface area contributed by atoms with Gasteiger partial charge in [0.2, 0.25) is 17.7 Å². The highest BCUT2D eigenvalue weighted by Crippen LogP contribution is 2.60. The molecule has 4 aliphatic rings. The lowest BCUT2D eigenvalue weighted by molar-refractivity contribution is -0.164. The normalized spacial score (nSPS) is 27.9. The van der Waals surface area contributed by atoms with E-state index >= 15 is 0 Å². The van der Waals surface area contributed by atoms with Crippen LogP contribution in [0.5, 0.6) is 0 Å². The van der Waals surface area contributed by atoms with Crippen LogP contribution in [-0.4, -0.2) is 143 Å². The Morgan fingerprint density at radius 2 is 1.85 bits per heavy atom. The highest BCUT2D eigenvalue weighted by atomic mass is 79.9. The van der Waals surface area contributed by atoms with E-state index in [0.717, 1.165) is 18.7 Å². The van der Waals surface area contributed by atoms with Crippen LogP contribution in [0.15, 0.2) is 55.6 Å². The fraction of sp³-hybridized carbons (Fsp3) is 0.641. The first-order chi connectivity index (χ1) is 25.1. The molecule has 0 saturated carbocycles. The van der Waals surface area contributed by atoms with Crippen molar-refractivity contribution >= 4 is 39.6 Å². The van der Waals surface area contributed by atoms with E-state index in [1.54, 1.807) is 33.9 Å². The van der Waals surface area contributed by atoms with E-state index in [0.29, 0.717) is 71.5 Å². The van der Waals surface area contributed by atoms with Gasteiger partial charge in [0.05, 0.1) is 37.2 Å². The molecule has 4 fully saturated rings. The molecule has 13 heteroatoms. The Labute approximate surface area is 316 Å². The van der Waals surface area contributed by atoms with Gasteiger partial charge in [-0.05, 0) is 44.6 Å². The number of hydrogen-bond acceptors (Lipinski definition) is 9. The largest absolute Gasteiger partial charge is 0.455 e. The van der Waals surface area contributed by atoms with Crippen molar-refractivity contribution in [2.75, 3.05) is 66.1 Å². The number of aliphatic hydroxyl groups excluding tert-OH is 1. The summed E-state index contributed by atoms with van der Waals surface area (Å²) in [6, 6.07) is 7.83. The van der Waals surface area contributed by atoms with E-state index in [9.17, 15) is 24.3 Å². The van der Waals surface area contributed by atoms with Gasteiger partial charge in [-0.3, -0.25) is 24.1 Å². The molecule has 12 nitrogen and oxygen atoms in total. The van der Waals surface area contributed by atoms with Crippen LogP contribution in [0.2, 0.25) is 0 Å². The zero-order valence-electron chi connectivity index (χ0n) is 30.6. The summed E-state index contributed by atoms with van der Waals surface area (Å²) >= 11 is 3.77. The van der Waals surface area contributed by atoms with Crippen LogP contribution in [0.1, 0.15) is 57.1 Å². The van der Waals surface area contributed by atoms with E-state index in [-0.39, 0.29) is 35.6 Å². The third-order valence-electron chi connectivity index (χ3n) is 11.2. The van der Waals surface area contributed by atoms with Crippen molar-refractivity contribution in [3.63, 3.8) is 0 Å². The maximum atomic E-state index is 14.8. The Balaban J connectivity index is 1.45. The number of carbonyl (C=O) groups excluding carboxylic acids is 4. The van der Waals surface area contributed by atoms with Crippen LogP contribution in [-0.2, 0) is 33.4 Å². The summed E-state index contributed by atoms with van der Waals surface area (Å²) in [5.74, 6) is -3.10. The lowest BCUT2D eigenvalue weighted by atomic mass is 9.70. The number of benzene rings is 1. The molecule has 1 aromatic carbocycles. The number of aliphatic hydroxyl groups is 1. The number of amides is 3. The molecule has 0 aliphatic carbocycles. The molecular formula is C39H55BrN4O8. The number of rotatable bonds is 19. The average molecular weight is 788 g/mol. The maximum absolute atomic E-state index is 14.8. The molecule has 4 aliphatic heterocycles. The summed E-state index contributed by atoms with van der Waals surface area (Å²) in [4.78, 5) is 64.0. The lowest BCUT2D eigenvalue weighted by Gasteiger charge is -2.38. The zero-order chi connectivity index (χ0) is 37.4. The number of carbonyl (C=O) groups is 4. The SMILES string of the molecule is C=CCCC(=O)N(C)[C@H](C)[C@H](OC(=O)[C@H]1[C@@H]2O[C@@]3(CC2Br)[C@@H]1C(=O)N(CCCCCO)[C@@H]3C(=O)N(CC=C)CCN1CCOCC1)c1ccccc1. The number of nitrogens with zero attached hydrogens (tertiary/aromatic N) is 4. The van der Waals surface area contributed by atoms with Gasteiger partial charge in [0.15, 0.2) is 0 Å². The predicted molar refractivity (Wildman–Crippen MR) is 199 cm³/mol. The molecule has 1 unspecified atom stereocenters. The number of alkyl halides is 1. The molecule has 4 saturated heterocycles. The van der Waals surface area contributed by atoms with Gasteiger partial charge in [0.25, 0.3) is 0 Å². The van der Waals surface area contributed by atoms with Gasteiger partial charge in [0, 0.05) is 64.2 Å². The standard InChI is InChI=1S/C39H55BrN4O8/c1-5-7-16-30(46)41(4)27(3)33(28-14-10-8-11-15-28)51-38(49)31-32-36(47)44(18-12-9-13-23-45)35(39(32)26-29(40)34(31)52-39)37(48)43(17-6-2)20-19-42-21-24-50-25-22-42/h5-6,8,10-11,14-15,27,29,31-35,45H,1-2,7,9,12-13,16-26H2,3-4H3/t27-,29?,31-,32+,33+,34-,35-,39+/m1/s1. The van der Waals surface area contributed by atoms with E-state index in [2.05, 4.69) is 34.0 Å². The van der Waals surface area contributed by atoms with Crippen LogP contribution in [0.25, 0.3) is 0 Å². The molecule has 0 aromatic heterocycles. The van der Waals surface area contributed by atoms with Gasteiger partial charge >= 0.3 is 5.97 Å². The first-order valence-electron chi connectivity index (χ1n) is 18.6. The van der Waals surface area contributed by atoms with E-state index in [1.807, 2.05) is 37.3 Å². The van der Waals surface area contributed by atoms with Gasteiger partial charge in [-0.25, -0.2) is 0 Å². The first kappa shape index (κ1) is 40.1. The lowest BCUT2D eigenvalue weighted by Crippen LogP contribution is -2.57. The second kappa shape index (κ2) is 18.3. The van der Waals surface area contributed by atoms with E-state index in [4.69, 9.17) is 14.2 Å². The second-order valence-electron chi connectivity index (χ2n) is 14.3. The zero-order valence-corrected chi connectivity index (χ0v) is 32.2. The summed E-state index contributed by atoms with van der Waals surface area (Å²) < 4.78 is 18.6. The molecule has 5 rings (SSSR count). The Hall–Kier alpha value is -3.10. The quantitative estimate of drug-likeness (QED) is 0.0973. The number of hydrogen-bond donors (Lipinski definition) is 1. The summed E-state index contributed by atoms with van der Waals surface area (Å²) in [6.07, 6.45) is 4.92. The summed E-state index contributed by atoms with van der Waals surface area (Å²) in [6.45, 7) is 14.1. The molecular weight excluding hydrogens is 732 g/mol. The van der Waals surface area contributed by atoms with Crippen LogP contribution >= 0.6 is 15.9 Å². The monoisotopic (exact) mass is 786 g/mol. The van der Waals surface area contributed by atoms with Crippen molar-refractivity contribution in [2.24, 2.45) is 11.8 Å². The average Bonchev–Trinajstić information content (AvgIpc) is 3.75. The van der Waals surface area contributed by atoms with Crippen molar-refractivity contribution in [1.82, 2.24) is 19.6 Å². The Kier molecular flexibility index (Phi) is 14.1. The van der Waals surface area contributed by atoms with E-state index in [1.165, 1.54) is 0 Å². The number of likely N-dealkylation sites (N-methyl/N-ethyl adjacent to an activating group) is 1. The predicted octanol–water partition coefficient (Wildman–Crippen LogP) is 3.34. The van der Waals surface area contributed by atoms with Crippen LogP contribution in [0.4, 0.5) is 0 Å². The van der Waals surface area contributed by atoms with Crippen molar-refractivity contribution in [3.8, 4) is 0 Å². The summed E-state index contributed by atoms with van der Waals surface area (Å²) in [7, 11) is 1.70. The molecule has 286 valence electrons. The molecule has 1 aromatic rings. The molecule has 52 heavy (non-hydrogen) atoms. The van der Waals surface area contributed by atoms with Crippen LogP contribution < -0.4 is 0 Å². The Morgan fingerprint density at radius 1 is 1.12 bits per heavy atom. The third kappa shape index (κ3) is 8.33. The van der Waals surface area contributed by atoms with Crippen LogP contribution in [0, 0.1) is 11.8 Å². The van der Waals surface area contributed by atoms with Crippen LogP contribution in [0.3, 0.4) is 0 Å². The first-order valence-corrected chi connectivity index (χ1v) is 19.6. The van der Waals surface area contributed by atoms with Gasteiger partial charge < -0.3 is 34.0 Å². The smallest absolute Gasteiger partial charge is 0.313 e. The fourth-order valence-corrected chi connectivity index (χ4v) is 9.26. The Morgan fingerprint density at radius 3 is 2.52 bits per heavy atom. The van der Waals surface area contributed by atoms with Gasteiger partial charge in [-0.15, -0.1) is 13.2 Å². The minimum absolute atomic E-state index is 0.0392. The minimum Gasteiger partial charge on any atom is -0.455 e. The highest BCUT2D eigenvalue weighted by molar-refractivity contribution is 9.09. The molecule has 8 atom stereocenters. The molecule has 3 amide bonds. The van der Waals surface area contributed by atoms with Gasteiger partial charge in [-0.2, -0.15) is 0 Å². The molecule has 2 bridgehead atoms. The van der Waals surface area contributed by atoms with Crippen molar-refractivity contribution < 1.29 is 38.5 Å². The molecule has 1 N–H and O–H groups in total. The Bertz CT molecular complexity index is 1430. The second-order valence-corrected chi connectivity index (χ2v) is 15.5. The number of allylic oxidation sites excluding steroid dienone is 1. The summed E-state index contributed by atoms with van der Waals surface area (Å²) in [5, 5.41) is 9.42. The number of ether oxygens (including phenoxy) is 3. The number of morpholine rings is 1. The van der Waals surface area contributed by atoms with Gasteiger partial charge in [0.1, 0.15) is 17.7 Å². The van der Waals surface area contributed by atoms with Crippen molar-refractivity contribution in [3.05, 3.63) is 61.2 Å². The van der Waals surface area contributed by atoms with Crippen molar-refractivity contribution in [1.29, 1.82) is 0 Å².